The third-order valence-corrected chi connectivity index (χ3v) is 5.02. The molecule has 27 heavy (non-hydrogen) atoms. The summed E-state index contributed by atoms with van der Waals surface area (Å²) in [5, 5.41) is 18.5. The third kappa shape index (κ3) is 4.88. The molecule has 0 spiro atoms. The first-order valence-corrected chi connectivity index (χ1v) is 8.72. The van der Waals surface area contributed by atoms with Crippen molar-refractivity contribution in [1.82, 2.24) is 9.88 Å². The minimum atomic E-state index is -0.999. The molecule has 5 N–H and O–H groups in total. The molecule has 0 radical (unpaired) electrons. The van der Waals surface area contributed by atoms with Gasteiger partial charge in [-0.25, -0.2) is 0 Å². The first-order chi connectivity index (χ1) is 12.7. The Hall–Kier alpha value is -3.27. The average Bonchev–Trinajstić information content (AvgIpc) is 2.90. The molecule has 1 aromatic heterocycles. The Balaban J connectivity index is 2.25. The first kappa shape index (κ1) is 20.0. The van der Waals surface area contributed by atoms with Crippen molar-refractivity contribution in [1.29, 1.82) is 5.41 Å². The van der Waals surface area contributed by atoms with Crippen molar-refractivity contribution in [2.45, 2.75) is 13.3 Å². The highest BCUT2D eigenvalue weighted by Crippen LogP contribution is 2.11. The molecule has 2 rings (SSSR count). The van der Waals surface area contributed by atoms with Gasteiger partial charge in [0.05, 0.1) is 6.42 Å². The number of nitrogens with two attached hydrogens (primary N) is 1. The van der Waals surface area contributed by atoms with E-state index in [4.69, 9.17) is 16.2 Å². The molecule has 0 unspecified atom stereocenters. The fourth-order valence-corrected chi connectivity index (χ4v) is 3.18. The van der Waals surface area contributed by atoms with Crippen molar-refractivity contribution in [3.05, 3.63) is 50.8 Å². The van der Waals surface area contributed by atoms with E-state index in [1.165, 1.54) is 12.1 Å². The second-order valence-corrected chi connectivity index (χ2v) is 6.64. The summed E-state index contributed by atoms with van der Waals surface area (Å²) >= 11 is 1.05. The second-order valence-electron chi connectivity index (χ2n) is 5.67. The molecule has 9 nitrogen and oxygen atoms in total. The van der Waals surface area contributed by atoms with Crippen molar-refractivity contribution in [2.75, 3.05) is 6.54 Å². The van der Waals surface area contributed by atoms with E-state index in [1.54, 1.807) is 30.7 Å². The molecule has 0 fully saturated rings. The van der Waals surface area contributed by atoms with Gasteiger partial charge in [0.15, 0.2) is 4.80 Å². The lowest BCUT2D eigenvalue weighted by Gasteiger charge is -2.02. The monoisotopic (exact) mass is 389 g/mol. The number of nitrogens with zero attached hydrogens (tertiary/aromatic N) is 2. The predicted octanol–water partition coefficient (Wildman–Crippen LogP) is 0.625. The average molecular weight is 389 g/mol. The standard InChI is InChI=1S/C17H19N5O4S/c1-9-13(16(26)20-8-7-12(23)24)27-17(22(9)2)21-15(25)11-5-3-10(4-6-11)14(18)19/h3-6H,7-8H2,1-2H3,(H3,18,19)(H,20,26)(H,23,24). The number of hydrogen-bond donors (Lipinski definition) is 4. The van der Waals surface area contributed by atoms with Crippen LogP contribution in [-0.2, 0) is 11.8 Å². The number of thiazole rings is 1. The molecule has 0 aliphatic heterocycles. The summed E-state index contributed by atoms with van der Waals surface area (Å²) < 4.78 is 1.62. The van der Waals surface area contributed by atoms with E-state index >= 15 is 0 Å². The van der Waals surface area contributed by atoms with Crippen LogP contribution in [0.5, 0.6) is 0 Å². The maximum atomic E-state index is 12.4. The molecule has 142 valence electrons. The Morgan fingerprint density at radius 3 is 2.41 bits per heavy atom. The minimum absolute atomic E-state index is 0.0170. The zero-order valence-electron chi connectivity index (χ0n) is 14.8. The van der Waals surface area contributed by atoms with Gasteiger partial charge in [-0.15, -0.1) is 0 Å². The number of aliphatic carboxylic acids is 1. The number of carboxylic acid groups (broad SMARTS) is 1. The van der Waals surface area contributed by atoms with Crippen LogP contribution >= 0.6 is 11.3 Å². The van der Waals surface area contributed by atoms with Crippen molar-refractivity contribution < 1.29 is 19.5 Å². The van der Waals surface area contributed by atoms with Crippen molar-refractivity contribution in [3.8, 4) is 0 Å². The zero-order valence-corrected chi connectivity index (χ0v) is 15.6. The Labute approximate surface area is 158 Å². The number of nitrogen functional groups attached to an aromatic ring is 1. The summed E-state index contributed by atoms with van der Waals surface area (Å²) in [5.41, 5.74) is 6.84. The van der Waals surface area contributed by atoms with E-state index < -0.39 is 17.8 Å². The fourth-order valence-electron chi connectivity index (χ4n) is 2.14. The van der Waals surface area contributed by atoms with Gasteiger partial charge in [0, 0.05) is 30.4 Å². The van der Waals surface area contributed by atoms with Gasteiger partial charge >= 0.3 is 5.97 Å². The Morgan fingerprint density at radius 1 is 1.26 bits per heavy atom. The van der Waals surface area contributed by atoms with Gasteiger partial charge in [-0.1, -0.05) is 23.5 Å². The van der Waals surface area contributed by atoms with Gasteiger partial charge in [-0.3, -0.25) is 19.8 Å². The summed E-state index contributed by atoms with van der Waals surface area (Å²) in [5.74, 6) is -1.99. The van der Waals surface area contributed by atoms with E-state index in [9.17, 15) is 14.4 Å². The zero-order chi connectivity index (χ0) is 20.1. The maximum Gasteiger partial charge on any atom is 0.305 e. The van der Waals surface area contributed by atoms with Gasteiger partial charge in [0.25, 0.3) is 11.8 Å². The van der Waals surface area contributed by atoms with Crippen LogP contribution in [0, 0.1) is 12.3 Å². The Morgan fingerprint density at radius 2 is 1.85 bits per heavy atom. The van der Waals surface area contributed by atoms with Crippen LogP contribution in [-0.4, -0.2) is 39.8 Å². The van der Waals surface area contributed by atoms with Gasteiger partial charge in [-0.2, -0.15) is 4.99 Å². The fraction of sp³-hybridized carbons (Fsp3) is 0.235. The van der Waals surface area contributed by atoms with E-state index in [0.29, 0.717) is 26.5 Å². The van der Waals surface area contributed by atoms with E-state index in [2.05, 4.69) is 10.3 Å². The summed E-state index contributed by atoms with van der Waals surface area (Å²) in [6.45, 7) is 1.73. The highest BCUT2D eigenvalue weighted by atomic mass is 32.1. The number of amidine groups is 1. The number of aromatic nitrogens is 1. The summed E-state index contributed by atoms with van der Waals surface area (Å²) in [6.07, 6.45) is -0.172. The van der Waals surface area contributed by atoms with Crippen LogP contribution in [0.2, 0.25) is 0 Å². The van der Waals surface area contributed by atoms with Gasteiger partial charge in [0.1, 0.15) is 10.7 Å². The number of rotatable bonds is 6. The van der Waals surface area contributed by atoms with Crippen LogP contribution < -0.4 is 15.9 Å². The molecule has 0 bridgehead atoms. The molecule has 0 aliphatic rings. The Kier molecular flexibility index (Phi) is 6.24. The van der Waals surface area contributed by atoms with E-state index in [-0.39, 0.29) is 18.8 Å². The molecule has 1 aromatic carbocycles. The van der Waals surface area contributed by atoms with E-state index in [1.807, 2.05) is 0 Å². The maximum absolute atomic E-state index is 12.4. The van der Waals surface area contributed by atoms with Gasteiger partial charge in [0.2, 0.25) is 0 Å². The number of nitrogens with one attached hydrogen (secondary N) is 2. The third-order valence-electron chi connectivity index (χ3n) is 3.78. The number of hydrogen-bond acceptors (Lipinski definition) is 5. The second kappa shape index (κ2) is 8.41. The molecular weight excluding hydrogens is 370 g/mol. The number of carbonyl (C=O) groups is 3. The number of carbonyl (C=O) groups excluding carboxylic acids is 2. The lowest BCUT2D eigenvalue weighted by molar-refractivity contribution is -0.136. The normalized spacial score (nSPS) is 11.3. The van der Waals surface area contributed by atoms with Crippen molar-refractivity contribution in [3.63, 3.8) is 0 Å². The van der Waals surface area contributed by atoms with Crippen molar-refractivity contribution in [2.24, 2.45) is 17.8 Å². The largest absolute Gasteiger partial charge is 0.481 e. The molecule has 0 saturated carbocycles. The molecular formula is C17H19N5O4S. The first-order valence-electron chi connectivity index (χ1n) is 7.90. The number of amides is 2. The summed E-state index contributed by atoms with van der Waals surface area (Å²) in [4.78, 5) is 39.9. The van der Waals surface area contributed by atoms with Crippen LogP contribution in [0.3, 0.4) is 0 Å². The van der Waals surface area contributed by atoms with Gasteiger partial charge in [-0.05, 0) is 19.1 Å². The Bertz CT molecular complexity index is 972. The van der Waals surface area contributed by atoms with Crippen LogP contribution in [0.15, 0.2) is 29.3 Å². The SMILES string of the molecule is Cc1c(C(=O)NCCC(=O)O)sc(=NC(=O)c2ccc(C(=N)N)cc2)n1C. The molecule has 10 heteroatoms. The highest BCUT2D eigenvalue weighted by molar-refractivity contribution is 7.11. The van der Waals surface area contributed by atoms with Crippen LogP contribution in [0.1, 0.15) is 37.7 Å². The van der Waals surface area contributed by atoms with Crippen LogP contribution in [0.25, 0.3) is 0 Å². The summed E-state index contributed by atoms with van der Waals surface area (Å²) in [6, 6.07) is 6.18. The molecule has 0 saturated heterocycles. The lowest BCUT2D eigenvalue weighted by atomic mass is 10.1. The molecule has 2 amide bonds. The molecule has 0 atom stereocenters. The number of carboxylic acids is 1. The van der Waals surface area contributed by atoms with Crippen molar-refractivity contribution >= 4 is 35.0 Å². The minimum Gasteiger partial charge on any atom is -0.481 e. The topological polar surface area (TPSA) is 151 Å². The van der Waals surface area contributed by atoms with Gasteiger partial charge < -0.3 is 20.7 Å². The predicted molar refractivity (Wildman–Crippen MR) is 100.0 cm³/mol. The number of benzene rings is 1. The smallest absolute Gasteiger partial charge is 0.305 e. The summed E-state index contributed by atoms with van der Waals surface area (Å²) in [7, 11) is 1.69. The lowest BCUT2D eigenvalue weighted by Crippen LogP contribution is -2.26. The van der Waals surface area contributed by atoms with E-state index in [0.717, 1.165) is 11.3 Å². The molecule has 1 heterocycles. The molecule has 2 aromatic rings. The quantitative estimate of drug-likeness (QED) is 0.422. The molecule has 0 aliphatic carbocycles. The van der Waals surface area contributed by atoms with Crippen LogP contribution in [0.4, 0.5) is 0 Å². The highest BCUT2D eigenvalue weighted by Gasteiger charge is 2.16.